The van der Waals surface area contributed by atoms with Crippen molar-refractivity contribution in [2.75, 3.05) is 6.26 Å². The molecule has 0 bridgehead atoms. The number of aromatic nitrogens is 6. The predicted octanol–water partition coefficient (Wildman–Crippen LogP) is 3.10. The lowest BCUT2D eigenvalue weighted by Crippen LogP contribution is -2.18. The van der Waals surface area contributed by atoms with Crippen molar-refractivity contribution in [1.29, 1.82) is 0 Å². The molecule has 0 saturated heterocycles. The Labute approximate surface area is 169 Å². The van der Waals surface area contributed by atoms with Gasteiger partial charge < -0.3 is 4.74 Å². The number of halogens is 1. The zero-order valence-corrected chi connectivity index (χ0v) is 16.3. The van der Waals surface area contributed by atoms with E-state index in [4.69, 9.17) is 16.3 Å². The third-order valence-corrected chi connectivity index (χ3v) is 5.12. The summed E-state index contributed by atoms with van der Waals surface area (Å²) in [7, 11) is 0. The fourth-order valence-corrected chi connectivity index (χ4v) is 3.46. The smallest absolute Gasteiger partial charge is 0.365 e. The first kappa shape index (κ1) is 18.3. The number of benzene rings is 2. The summed E-state index contributed by atoms with van der Waals surface area (Å²) in [5, 5.41) is 14.8. The second kappa shape index (κ2) is 7.91. The van der Waals surface area contributed by atoms with E-state index in [0.29, 0.717) is 16.6 Å². The average molecular weight is 415 g/mol. The molecule has 142 valence electrons. The number of ether oxygens (including phenoxy) is 1. The van der Waals surface area contributed by atoms with Gasteiger partial charge in [-0.2, -0.15) is 4.68 Å². The van der Waals surface area contributed by atoms with Crippen LogP contribution in [0.5, 0.6) is 5.88 Å². The molecular weight excluding hydrogens is 400 g/mol. The van der Waals surface area contributed by atoms with Crippen LogP contribution in [0.25, 0.3) is 11.4 Å². The predicted molar refractivity (Wildman–Crippen MR) is 107 cm³/mol. The number of thioether (sulfide) groups is 1. The molecule has 4 rings (SSSR count). The summed E-state index contributed by atoms with van der Waals surface area (Å²) in [6, 6.07) is 14.7. The maximum atomic E-state index is 11.9. The highest BCUT2D eigenvalue weighted by Gasteiger charge is 2.14. The van der Waals surface area contributed by atoms with Crippen LogP contribution in [0.2, 0.25) is 5.02 Å². The summed E-state index contributed by atoms with van der Waals surface area (Å²) in [5.41, 5.74) is 1.90. The first-order valence-electron chi connectivity index (χ1n) is 8.27. The Balaban J connectivity index is 1.60. The molecule has 10 heteroatoms. The van der Waals surface area contributed by atoms with Crippen LogP contribution < -0.4 is 10.4 Å². The molecule has 2 aromatic heterocycles. The van der Waals surface area contributed by atoms with E-state index < -0.39 is 5.69 Å². The first-order valence-corrected chi connectivity index (χ1v) is 9.87. The van der Waals surface area contributed by atoms with E-state index in [9.17, 15) is 4.79 Å². The molecule has 0 saturated carbocycles. The number of tetrazole rings is 1. The lowest BCUT2D eigenvalue weighted by molar-refractivity contribution is 0.288. The van der Waals surface area contributed by atoms with Crippen LogP contribution in [-0.2, 0) is 6.61 Å². The Kier molecular flexibility index (Phi) is 5.18. The second-order valence-corrected chi connectivity index (χ2v) is 7.02. The second-order valence-electron chi connectivity index (χ2n) is 5.74. The number of H-pyrrole nitrogens is 1. The molecule has 0 atom stereocenters. The van der Waals surface area contributed by atoms with Gasteiger partial charge in [-0.1, -0.05) is 17.7 Å². The van der Waals surface area contributed by atoms with Crippen LogP contribution in [0.15, 0.2) is 64.4 Å². The van der Waals surface area contributed by atoms with E-state index in [1.165, 1.54) is 4.68 Å². The van der Waals surface area contributed by atoms with Crippen LogP contribution in [0.1, 0.15) is 5.56 Å². The normalized spacial score (nSPS) is 10.9. The van der Waals surface area contributed by atoms with Crippen LogP contribution >= 0.6 is 23.4 Å². The number of hydrogen-bond acceptors (Lipinski definition) is 6. The summed E-state index contributed by atoms with van der Waals surface area (Å²) in [6.07, 6.45) is 3.77. The minimum Gasteiger partial charge on any atom is -0.472 e. The van der Waals surface area contributed by atoms with Crippen LogP contribution in [0, 0.1) is 0 Å². The van der Waals surface area contributed by atoms with E-state index in [1.54, 1.807) is 40.7 Å². The average Bonchev–Trinajstić information content (AvgIpc) is 3.35. The van der Waals surface area contributed by atoms with Crippen molar-refractivity contribution in [3.63, 3.8) is 0 Å². The Bertz CT molecular complexity index is 1150. The number of rotatable bonds is 6. The zero-order valence-electron chi connectivity index (χ0n) is 14.7. The minimum absolute atomic E-state index is 0.225. The Morgan fingerprint density at radius 2 is 2.00 bits per heavy atom. The number of aromatic amines is 1. The highest BCUT2D eigenvalue weighted by molar-refractivity contribution is 7.98. The van der Waals surface area contributed by atoms with Gasteiger partial charge in [0, 0.05) is 27.7 Å². The molecule has 0 fully saturated rings. The highest BCUT2D eigenvalue weighted by atomic mass is 35.5. The van der Waals surface area contributed by atoms with Gasteiger partial charge in [0.25, 0.3) is 0 Å². The first-order chi connectivity index (χ1) is 13.7. The van der Waals surface area contributed by atoms with E-state index in [-0.39, 0.29) is 6.61 Å². The fourth-order valence-electron chi connectivity index (χ4n) is 2.71. The van der Waals surface area contributed by atoms with Crippen LogP contribution in [0.3, 0.4) is 0 Å². The van der Waals surface area contributed by atoms with Gasteiger partial charge in [0.2, 0.25) is 5.88 Å². The molecule has 0 radical (unpaired) electrons. The molecule has 2 aromatic carbocycles. The van der Waals surface area contributed by atoms with E-state index in [2.05, 4.69) is 20.6 Å². The minimum atomic E-state index is -0.411. The van der Waals surface area contributed by atoms with Crippen molar-refractivity contribution in [3.05, 3.63) is 75.8 Å². The van der Waals surface area contributed by atoms with Gasteiger partial charge in [0.1, 0.15) is 6.61 Å². The molecule has 28 heavy (non-hydrogen) atoms. The monoisotopic (exact) mass is 414 g/mol. The molecule has 0 aliphatic carbocycles. The molecule has 0 aliphatic heterocycles. The maximum absolute atomic E-state index is 11.9. The van der Waals surface area contributed by atoms with Gasteiger partial charge in [-0.25, -0.2) is 14.6 Å². The van der Waals surface area contributed by atoms with Gasteiger partial charge in [-0.3, -0.25) is 0 Å². The van der Waals surface area contributed by atoms with Crippen molar-refractivity contribution < 1.29 is 4.74 Å². The van der Waals surface area contributed by atoms with Gasteiger partial charge >= 0.3 is 5.69 Å². The third-order valence-electron chi connectivity index (χ3n) is 4.05. The van der Waals surface area contributed by atoms with Gasteiger partial charge in [-0.05, 0) is 53.1 Å². The lowest BCUT2D eigenvalue weighted by atomic mass is 10.2. The number of nitrogens with zero attached hydrogens (tertiary/aromatic N) is 5. The molecule has 0 unspecified atom stereocenters. The van der Waals surface area contributed by atoms with Crippen LogP contribution in [-0.4, -0.2) is 36.2 Å². The van der Waals surface area contributed by atoms with Crippen molar-refractivity contribution in [1.82, 2.24) is 30.0 Å². The van der Waals surface area contributed by atoms with Gasteiger partial charge in [0.05, 0.1) is 11.4 Å². The van der Waals surface area contributed by atoms with Crippen molar-refractivity contribution >= 4 is 23.4 Å². The van der Waals surface area contributed by atoms with Crippen LogP contribution in [0.4, 0.5) is 0 Å². The molecule has 0 spiro atoms. The lowest BCUT2D eigenvalue weighted by Gasteiger charge is -2.12. The number of nitrogens with one attached hydrogen (secondary N) is 1. The van der Waals surface area contributed by atoms with Gasteiger partial charge in [0.15, 0.2) is 0 Å². The van der Waals surface area contributed by atoms with E-state index in [1.807, 2.05) is 36.7 Å². The SMILES string of the molecule is CSc1cccc(-n2nn[nH]c2=O)c1COc1ccn(-c2ccc(Cl)cc2)n1. The van der Waals surface area contributed by atoms with Crippen molar-refractivity contribution in [3.8, 4) is 17.3 Å². The summed E-state index contributed by atoms with van der Waals surface area (Å²) in [5.74, 6) is 0.462. The van der Waals surface area contributed by atoms with E-state index in [0.717, 1.165) is 16.1 Å². The Morgan fingerprint density at radius 1 is 1.18 bits per heavy atom. The molecule has 4 aromatic rings. The molecule has 8 nitrogen and oxygen atoms in total. The third kappa shape index (κ3) is 3.67. The summed E-state index contributed by atoms with van der Waals surface area (Å²) < 4.78 is 8.81. The van der Waals surface area contributed by atoms with Crippen molar-refractivity contribution in [2.24, 2.45) is 0 Å². The van der Waals surface area contributed by atoms with Crippen molar-refractivity contribution in [2.45, 2.75) is 11.5 Å². The molecule has 0 amide bonds. The standard InChI is InChI=1S/C18H15ClN6O2S/c1-28-16-4-2-3-15(25-18(26)20-22-23-25)14(16)11-27-17-9-10-24(21-17)13-7-5-12(19)6-8-13/h2-10H,11H2,1H3,(H,20,23,26). The summed E-state index contributed by atoms with van der Waals surface area (Å²) >= 11 is 7.49. The molecule has 1 N–H and O–H groups in total. The largest absolute Gasteiger partial charge is 0.472 e. The quantitative estimate of drug-likeness (QED) is 0.487. The fraction of sp³-hybridized carbons (Fsp3) is 0.111. The maximum Gasteiger partial charge on any atom is 0.365 e. The summed E-state index contributed by atoms with van der Waals surface area (Å²) in [4.78, 5) is 12.9. The highest BCUT2D eigenvalue weighted by Crippen LogP contribution is 2.26. The summed E-state index contributed by atoms with van der Waals surface area (Å²) in [6.45, 7) is 0.225. The zero-order chi connectivity index (χ0) is 19.5. The molecule has 2 heterocycles. The Morgan fingerprint density at radius 3 is 2.71 bits per heavy atom. The van der Waals surface area contributed by atoms with Gasteiger partial charge in [-0.15, -0.1) is 16.9 Å². The Hall–Kier alpha value is -3.04. The topological polar surface area (TPSA) is 90.6 Å². The molecule has 0 aliphatic rings. The number of hydrogen-bond donors (Lipinski definition) is 1. The molecular formula is C18H15ClN6O2S. The van der Waals surface area contributed by atoms with E-state index >= 15 is 0 Å².